The molecule has 1 aliphatic heterocycles. The fourth-order valence-electron chi connectivity index (χ4n) is 3.18. The van der Waals surface area contributed by atoms with Gasteiger partial charge in [-0.15, -0.1) is 0 Å². The molecule has 2 aromatic carbocycles. The van der Waals surface area contributed by atoms with Crippen LogP contribution in [0.3, 0.4) is 0 Å². The molecule has 0 bridgehead atoms. The Hall–Kier alpha value is -2.24. The maximum Gasteiger partial charge on any atom is 0.137 e. The number of piperazine rings is 1. The van der Waals surface area contributed by atoms with Gasteiger partial charge in [-0.2, -0.15) is 0 Å². The molecule has 5 nitrogen and oxygen atoms in total. The molecular weight excluding hydrogens is 316 g/mol. The predicted octanol–water partition coefficient (Wildman–Crippen LogP) is 0.840. The Balaban J connectivity index is 1.39. The van der Waals surface area contributed by atoms with E-state index in [0.717, 1.165) is 44.2 Å². The van der Waals surface area contributed by atoms with Crippen molar-refractivity contribution in [2.75, 3.05) is 51.3 Å². The number of hydrogen-bond donors (Lipinski definition) is 2. The second-order valence-electron chi connectivity index (χ2n) is 6.42. The quantitative estimate of drug-likeness (QED) is 0.782. The molecule has 1 unspecified atom stereocenters. The number of rotatable bonds is 7. The number of ether oxygens (including phenoxy) is 2. The molecule has 5 heteroatoms. The van der Waals surface area contributed by atoms with Gasteiger partial charge in [0.05, 0.1) is 33.3 Å². The van der Waals surface area contributed by atoms with Gasteiger partial charge in [0.2, 0.25) is 0 Å². The third-order valence-electron chi connectivity index (χ3n) is 4.62. The first-order valence-electron chi connectivity index (χ1n) is 8.83. The van der Waals surface area contributed by atoms with Gasteiger partial charge in [0.15, 0.2) is 0 Å². The van der Waals surface area contributed by atoms with Crippen molar-refractivity contribution in [1.29, 1.82) is 0 Å². The monoisotopic (exact) mass is 343 g/mol. The molecule has 1 aliphatic rings. The molecule has 1 saturated heterocycles. The Morgan fingerprint density at radius 3 is 2.28 bits per heavy atom. The molecule has 25 heavy (non-hydrogen) atoms. The smallest absolute Gasteiger partial charge is 0.137 e. The molecule has 1 heterocycles. The Labute approximate surface area is 149 Å². The third-order valence-corrected chi connectivity index (χ3v) is 4.62. The first kappa shape index (κ1) is 17.6. The summed E-state index contributed by atoms with van der Waals surface area (Å²) in [6.07, 6.45) is -0.458. The minimum absolute atomic E-state index is 0.318. The van der Waals surface area contributed by atoms with Crippen LogP contribution in [-0.4, -0.2) is 57.7 Å². The second kappa shape index (κ2) is 8.74. The highest BCUT2D eigenvalue weighted by Crippen LogP contribution is 2.17. The lowest BCUT2D eigenvalue weighted by molar-refractivity contribution is -0.903. The SMILES string of the molecule is COc1ccc(OCC(O)C[NH+]2CCN(c3ccccc3)CC2)cc1. The van der Waals surface area contributed by atoms with Crippen molar-refractivity contribution in [3.63, 3.8) is 0 Å². The zero-order chi connectivity index (χ0) is 17.5. The molecule has 1 fully saturated rings. The first-order chi connectivity index (χ1) is 12.2. The number of methoxy groups -OCH3 is 1. The fourth-order valence-corrected chi connectivity index (χ4v) is 3.18. The largest absolute Gasteiger partial charge is 0.497 e. The van der Waals surface area contributed by atoms with E-state index < -0.39 is 6.10 Å². The van der Waals surface area contributed by atoms with Gasteiger partial charge < -0.3 is 24.4 Å². The summed E-state index contributed by atoms with van der Waals surface area (Å²) in [4.78, 5) is 3.84. The minimum atomic E-state index is -0.458. The van der Waals surface area contributed by atoms with Gasteiger partial charge in [-0.25, -0.2) is 0 Å². The number of para-hydroxylation sites is 1. The zero-order valence-corrected chi connectivity index (χ0v) is 14.7. The van der Waals surface area contributed by atoms with Crippen molar-refractivity contribution in [3.05, 3.63) is 54.6 Å². The van der Waals surface area contributed by atoms with Gasteiger partial charge in [-0.05, 0) is 36.4 Å². The van der Waals surface area contributed by atoms with Crippen molar-refractivity contribution in [3.8, 4) is 11.5 Å². The molecule has 1 atom stereocenters. The average Bonchev–Trinajstić information content (AvgIpc) is 2.68. The van der Waals surface area contributed by atoms with Crippen LogP contribution < -0.4 is 19.3 Å². The van der Waals surface area contributed by atoms with E-state index in [1.165, 1.54) is 10.6 Å². The van der Waals surface area contributed by atoms with Crippen LogP contribution in [0.5, 0.6) is 11.5 Å². The highest BCUT2D eigenvalue weighted by Gasteiger charge is 2.22. The van der Waals surface area contributed by atoms with Crippen LogP contribution in [0.1, 0.15) is 0 Å². The van der Waals surface area contributed by atoms with E-state index in [1.54, 1.807) is 7.11 Å². The number of aliphatic hydroxyl groups excluding tert-OH is 1. The molecule has 0 radical (unpaired) electrons. The molecule has 0 aliphatic carbocycles. The molecule has 0 amide bonds. The number of hydrogen-bond acceptors (Lipinski definition) is 4. The van der Waals surface area contributed by atoms with Gasteiger partial charge in [-0.3, -0.25) is 0 Å². The van der Waals surface area contributed by atoms with Crippen LogP contribution in [0, 0.1) is 0 Å². The Morgan fingerprint density at radius 1 is 1.00 bits per heavy atom. The number of aliphatic hydroxyl groups is 1. The van der Waals surface area contributed by atoms with E-state index >= 15 is 0 Å². The summed E-state index contributed by atoms with van der Waals surface area (Å²) in [7, 11) is 1.64. The lowest BCUT2D eigenvalue weighted by atomic mass is 10.2. The summed E-state index contributed by atoms with van der Waals surface area (Å²) in [5, 5.41) is 10.3. The lowest BCUT2D eigenvalue weighted by Gasteiger charge is -2.34. The van der Waals surface area contributed by atoms with Crippen LogP contribution in [-0.2, 0) is 0 Å². The number of quaternary nitrogens is 1. The van der Waals surface area contributed by atoms with Crippen molar-refractivity contribution >= 4 is 5.69 Å². The van der Waals surface area contributed by atoms with E-state index in [1.807, 2.05) is 30.3 Å². The summed E-state index contributed by atoms with van der Waals surface area (Å²) >= 11 is 0. The number of benzene rings is 2. The van der Waals surface area contributed by atoms with Gasteiger partial charge in [0.25, 0.3) is 0 Å². The van der Waals surface area contributed by atoms with Gasteiger partial charge in [-0.1, -0.05) is 18.2 Å². The molecule has 3 rings (SSSR count). The Kier molecular flexibility index (Phi) is 6.14. The number of nitrogens with zero attached hydrogens (tertiary/aromatic N) is 1. The molecule has 134 valence electrons. The van der Waals surface area contributed by atoms with Crippen molar-refractivity contribution in [2.45, 2.75) is 6.10 Å². The fraction of sp³-hybridized carbons (Fsp3) is 0.400. The standard InChI is InChI=1S/C20H26N2O3/c1-24-19-7-9-20(10-8-19)25-16-18(23)15-21-11-13-22(14-12-21)17-5-3-2-4-6-17/h2-10,18,23H,11-16H2,1H3/p+1. The maximum absolute atomic E-state index is 10.3. The normalized spacial score (nSPS) is 16.5. The zero-order valence-electron chi connectivity index (χ0n) is 14.7. The molecule has 2 N–H and O–H groups in total. The van der Waals surface area contributed by atoms with E-state index in [-0.39, 0.29) is 0 Å². The third kappa shape index (κ3) is 5.11. The Bertz CT molecular complexity index is 625. The molecule has 0 aromatic heterocycles. The number of nitrogens with one attached hydrogen (secondary N) is 1. The summed E-state index contributed by atoms with van der Waals surface area (Å²) in [5.41, 5.74) is 1.28. The van der Waals surface area contributed by atoms with E-state index in [9.17, 15) is 5.11 Å². The second-order valence-corrected chi connectivity index (χ2v) is 6.42. The average molecular weight is 343 g/mol. The number of anilines is 1. The van der Waals surface area contributed by atoms with E-state index in [0.29, 0.717) is 6.61 Å². The predicted molar refractivity (Wildman–Crippen MR) is 98.7 cm³/mol. The van der Waals surface area contributed by atoms with Crippen molar-refractivity contribution in [1.82, 2.24) is 0 Å². The highest BCUT2D eigenvalue weighted by atomic mass is 16.5. The van der Waals surface area contributed by atoms with Gasteiger partial charge in [0.1, 0.15) is 30.8 Å². The van der Waals surface area contributed by atoms with Crippen molar-refractivity contribution in [2.24, 2.45) is 0 Å². The van der Waals surface area contributed by atoms with Crippen LogP contribution >= 0.6 is 0 Å². The maximum atomic E-state index is 10.3. The van der Waals surface area contributed by atoms with Crippen LogP contribution in [0.4, 0.5) is 5.69 Å². The van der Waals surface area contributed by atoms with E-state index in [2.05, 4.69) is 29.2 Å². The molecule has 0 spiro atoms. The summed E-state index contributed by atoms with van der Waals surface area (Å²) in [6.45, 7) is 5.15. The van der Waals surface area contributed by atoms with Gasteiger partial charge in [0, 0.05) is 5.69 Å². The molecular formula is C20H27N2O3+. The van der Waals surface area contributed by atoms with E-state index in [4.69, 9.17) is 9.47 Å². The topological polar surface area (TPSA) is 46.4 Å². The highest BCUT2D eigenvalue weighted by molar-refractivity contribution is 5.46. The minimum Gasteiger partial charge on any atom is -0.497 e. The van der Waals surface area contributed by atoms with Crippen molar-refractivity contribution < 1.29 is 19.5 Å². The molecule has 0 saturated carbocycles. The lowest BCUT2D eigenvalue weighted by Crippen LogP contribution is -3.16. The van der Waals surface area contributed by atoms with Crippen LogP contribution in [0.15, 0.2) is 54.6 Å². The first-order valence-corrected chi connectivity index (χ1v) is 8.83. The summed E-state index contributed by atoms with van der Waals surface area (Å²) < 4.78 is 10.8. The summed E-state index contributed by atoms with van der Waals surface area (Å²) in [6, 6.07) is 17.9. The van der Waals surface area contributed by atoms with Crippen LogP contribution in [0.25, 0.3) is 0 Å². The summed E-state index contributed by atoms with van der Waals surface area (Å²) in [5.74, 6) is 1.55. The molecule has 2 aromatic rings. The van der Waals surface area contributed by atoms with Crippen LogP contribution in [0.2, 0.25) is 0 Å². The Morgan fingerprint density at radius 2 is 1.64 bits per heavy atom. The van der Waals surface area contributed by atoms with Gasteiger partial charge >= 0.3 is 0 Å².